The van der Waals surface area contributed by atoms with Crippen LogP contribution < -0.4 is 0 Å². The maximum Gasteiger partial charge on any atom is 0.156 e. The average molecular weight is 286 g/mol. The Bertz CT molecular complexity index is 745. The minimum Gasteiger partial charge on any atom is -0.345 e. The Morgan fingerprint density at radius 2 is 2.00 bits per heavy atom. The lowest BCUT2D eigenvalue weighted by Crippen LogP contribution is -2.06. The molecule has 3 atom stereocenters. The number of nitrogens with zero attached hydrogens (tertiary/aromatic N) is 3. The second kappa shape index (κ2) is 5.51. The van der Waals surface area contributed by atoms with Gasteiger partial charge in [0.05, 0.1) is 11.7 Å². The van der Waals surface area contributed by atoms with Crippen molar-refractivity contribution in [2.45, 2.75) is 46.5 Å². The van der Waals surface area contributed by atoms with Gasteiger partial charge >= 0.3 is 0 Å². The molecule has 114 valence electrons. The predicted octanol–water partition coefficient (Wildman–Crippen LogP) is 4.63. The number of hydrogen-bond donors (Lipinski definition) is 1. The molecular formula is C17H26N4. The van der Waals surface area contributed by atoms with Crippen LogP contribution in [0.3, 0.4) is 0 Å². The quantitative estimate of drug-likeness (QED) is 0.708. The van der Waals surface area contributed by atoms with Crippen molar-refractivity contribution in [3.05, 3.63) is 30.4 Å². The van der Waals surface area contributed by atoms with Crippen LogP contribution in [-0.2, 0) is 0 Å². The van der Waals surface area contributed by atoms with Crippen LogP contribution >= 0.6 is 0 Å². The molecule has 21 heavy (non-hydrogen) atoms. The fourth-order valence-corrected chi connectivity index (χ4v) is 3.73. The highest BCUT2D eigenvalue weighted by molar-refractivity contribution is 5.74. The van der Waals surface area contributed by atoms with E-state index < -0.39 is 0 Å². The van der Waals surface area contributed by atoms with E-state index in [1.54, 1.807) is 0 Å². The fourth-order valence-electron chi connectivity index (χ4n) is 3.73. The van der Waals surface area contributed by atoms with Gasteiger partial charge in [-0.05, 0) is 30.7 Å². The van der Waals surface area contributed by atoms with Gasteiger partial charge in [-0.15, -0.1) is 0 Å². The molecule has 0 amide bonds. The van der Waals surface area contributed by atoms with Crippen molar-refractivity contribution in [2.75, 3.05) is 0 Å². The van der Waals surface area contributed by atoms with Crippen molar-refractivity contribution in [1.29, 1.82) is 0 Å². The summed E-state index contributed by atoms with van der Waals surface area (Å²) in [6.45, 7) is 8.72. The second-order valence-corrected chi connectivity index (χ2v) is 6.01. The van der Waals surface area contributed by atoms with Gasteiger partial charge in [0.15, 0.2) is 11.3 Å². The van der Waals surface area contributed by atoms with E-state index in [2.05, 4.69) is 39.3 Å². The molecule has 0 spiro atoms. The normalized spacial score (nSPS) is 25.2. The molecule has 1 N–H and O–H groups in total. The highest BCUT2D eigenvalue weighted by Gasteiger charge is 2.32. The summed E-state index contributed by atoms with van der Waals surface area (Å²) < 4.78 is 2.28. The number of H-pyrrole nitrogens is 1. The number of aromatic amines is 1. The Hall–Kier alpha value is -1.84. The van der Waals surface area contributed by atoms with Crippen LogP contribution in [-0.4, -0.2) is 19.4 Å². The molecule has 3 heterocycles. The molecule has 0 saturated heterocycles. The van der Waals surface area contributed by atoms with Crippen molar-refractivity contribution in [3.63, 3.8) is 0 Å². The zero-order valence-electron chi connectivity index (χ0n) is 13.3. The zero-order chi connectivity index (χ0) is 15.0. The van der Waals surface area contributed by atoms with Crippen molar-refractivity contribution in [2.24, 2.45) is 11.8 Å². The van der Waals surface area contributed by atoms with Gasteiger partial charge < -0.3 is 4.98 Å². The highest BCUT2D eigenvalue weighted by Crippen LogP contribution is 2.43. The lowest BCUT2D eigenvalue weighted by atomic mass is 9.95. The first-order valence-corrected chi connectivity index (χ1v) is 8.03. The Balaban J connectivity index is 0.000000566. The van der Waals surface area contributed by atoms with Crippen molar-refractivity contribution in [3.8, 4) is 0 Å². The summed E-state index contributed by atoms with van der Waals surface area (Å²) in [5, 5.41) is 0. The standard InChI is InChI=1S/C15H18N4.C2H6.H2/c1-9-5-10(2)11(6-9)13-7-17-14-8-18-15-12(19(13)14)3-4-16-15;1-2;/h3-4,7-11,16H,5-6H2,1-2H3;1-2H3;1H/t9-,10+,11-;;/m0../s1. The van der Waals surface area contributed by atoms with E-state index in [1.807, 2.05) is 32.4 Å². The van der Waals surface area contributed by atoms with E-state index in [4.69, 9.17) is 0 Å². The van der Waals surface area contributed by atoms with Gasteiger partial charge in [-0.25, -0.2) is 9.97 Å². The third-order valence-corrected chi connectivity index (χ3v) is 4.57. The van der Waals surface area contributed by atoms with E-state index in [9.17, 15) is 0 Å². The summed E-state index contributed by atoms with van der Waals surface area (Å²) in [4.78, 5) is 12.1. The van der Waals surface area contributed by atoms with Gasteiger partial charge in [0, 0.05) is 25.4 Å². The van der Waals surface area contributed by atoms with Gasteiger partial charge in [-0.2, -0.15) is 0 Å². The van der Waals surface area contributed by atoms with Crippen LogP contribution in [0.2, 0.25) is 0 Å². The monoisotopic (exact) mass is 286 g/mol. The molecule has 1 aliphatic carbocycles. The number of imidazole rings is 1. The van der Waals surface area contributed by atoms with E-state index in [1.165, 1.54) is 18.5 Å². The van der Waals surface area contributed by atoms with Gasteiger partial charge in [0.25, 0.3) is 0 Å². The van der Waals surface area contributed by atoms with Crippen LogP contribution in [0.1, 0.15) is 53.6 Å². The minimum atomic E-state index is 0. The lowest BCUT2D eigenvalue weighted by Gasteiger charge is -2.15. The lowest BCUT2D eigenvalue weighted by molar-refractivity contribution is 0.517. The first-order chi connectivity index (χ1) is 10.2. The molecule has 0 aliphatic heterocycles. The highest BCUT2D eigenvalue weighted by atomic mass is 15.1. The molecule has 4 rings (SSSR count). The van der Waals surface area contributed by atoms with Gasteiger partial charge in [0.1, 0.15) is 0 Å². The molecule has 0 bridgehead atoms. The Morgan fingerprint density at radius 3 is 2.71 bits per heavy atom. The zero-order valence-corrected chi connectivity index (χ0v) is 13.3. The molecule has 1 aliphatic rings. The molecule has 0 unspecified atom stereocenters. The van der Waals surface area contributed by atoms with Crippen LogP contribution in [0, 0.1) is 11.8 Å². The maximum atomic E-state index is 4.54. The van der Waals surface area contributed by atoms with Crippen molar-refractivity contribution < 1.29 is 1.43 Å². The fraction of sp³-hybridized carbons (Fsp3) is 0.529. The van der Waals surface area contributed by atoms with Crippen LogP contribution in [0.4, 0.5) is 0 Å². The summed E-state index contributed by atoms with van der Waals surface area (Å²) >= 11 is 0. The van der Waals surface area contributed by atoms with Crippen molar-refractivity contribution >= 4 is 16.8 Å². The predicted molar refractivity (Wildman–Crippen MR) is 88.6 cm³/mol. The van der Waals surface area contributed by atoms with Crippen LogP contribution in [0.25, 0.3) is 16.8 Å². The Labute approximate surface area is 127 Å². The number of rotatable bonds is 1. The molecule has 1 fully saturated rings. The second-order valence-electron chi connectivity index (χ2n) is 6.01. The number of aromatic nitrogens is 4. The number of nitrogens with one attached hydrogen (secondary N) is 1. The Kier molecular flexibility index (Phi) is 3.70. The molecule has 3 aromatic heterocycles. The number of fused-ring (bicyclic) bond motifs is 3. The summed E-state index contributed by atoms with van der Waals surface area (Å²) in [6.07, 6.45) is 8.43. The smallest absolute Gasteiger partial charge is 0.156 e. The largest absolute Gasteiger partial charge is 0.345 e. The van der Waals surface area contributed by atoms with Gasteiger partial charge in [-0.3, -0.25) is 4.40 Å². The summed E-state index contributed by atoms with van der Waals surface area (Å²) in [6, 6.07) is 2.09. The van der Waals surface area contributed by atoms with E-state index in [-0.39, 0.29) is 1.43 Å². The summed E-state index contributed by atoms with van der Waals surface area (Å²) in [5.74, 6) is 2.16. The first-order valence-electron chi connectivity index (χ1n) is 8.03. The first kappa shape index (κ1) is 14.1. The minimum absolute atomic E-state index is 0. The molecule has 4 heteroatoms. The molecule has 1 saturated carbocycles. The van der Waals surface area contributed by atoms with Crippen LogP contribution in [0.15, 0.2) is 24.7 Å². The molecule has 0 radical (unpaired) electrons. The summed E-state index contributed by atoms with van der Waals surface area (Å²) in [7, 11) is 0. The van der Waals surface area contributed by atoms with E-state index >= 15 is 0 Å². The van der Waals surface area contributed by atoms with E-state index in [0.29, 0.717) is 5.92 Å². The van der Waals surface area contributed by atoms with Crippen LogP contribution in [0.5, 0.6) is 0 Å². The summed E-state index contributed by atoms with van der Waals surface area (Å²) in [5.41, 5.74) is 4.37. The van der Waals surface area contributed by atoms with Gasteiger partial charge in [-0.1, -0.05) is 27.7 Å². The van der Waals surface area contributed by atoms with Gasteiger partial charge in [0.2, 0.25) is 0 Å². The van der Waals surface area contributed by atoms with Crippen molar-refractivity contribution in [1.82, 2.24) is 19.4 Å². The third kappa shape index (κ3) is 2.23. The molecule has 4 nitrogen and oxygen atoms in total. The maximum absolute atomic E-state index is 4.54. The third-order valence-electron chi connectivity index (χ3n) is 4.57. The Morgan fingerprint density at radius 1 is 1.19 bits per heavy atom. The molecular weight excluding hydrogens is 260 g/mol. The SMILES string of the molecule is CC.C[C@H]1C[C@@H](C)[C@@H](c2cnc3cnc4[nH]ccc4n23)C1.[HH]. The topological polar surface area (TPSA) is 46.0 Å². The molecule has 3 aromatic rings. The molecule has 0 aromatic carbocycles. The average Bonchev–Trinajstić information content (AvgIpc) is 3.17. The number of hydrogen-bond acceptors (Lipinski definition) is 2. The van der Waals surface area contributed by atoms with E-state index in [0.717, 1.165) is 28.6 Å².